The Kier molecular flexibility index (Phi) is 4.43. The highest BCUT2D eigenvalue weighted by Crippen LogP contribution is 2.22. The van der Waals surface area contributed by atoms with Crippen LogP contribution in [0.25, 0.3) is 10.7 Å². The van der Waals surface area contributed by atoms with E-state index in [1.165, 1.54) is 17.4 Å². The van der Waals surface area contributed by atoms with Gasteiger partial charge in [0, 0.05) is 17.3 Å². The number of benzene rings is 1. The number of nitrogens with zero attached hydrogens (tertiary/aromatic N) is 2. The van der Waals surface area contributed by atoms with Gasteiger partial charge in [-0.3, -0.25) is 9.78 Å². The van der Waals surface area contributed by atoms with Gasteiger partial charge in [-0.1, -0.05) is 12.1 Å². The van der Waals surface area contributed by atoms with Crippen molar-refractivity contribution in [3.05, 3.63) is 65.0 Å². The number of amides is 1. The van der Waals surface area contributed by atoms with Crippen LogP contribution >= 0.6 is 11.3 Å². The van der Waals surface area contributed by atoms with Gasteiger partial charge in [-0.25, -0.2) is 9.37 Å². The standard InChI is InChI=1S/C17H14FN3OS/c1-11-5-6-12(8-14(11)18)20-16(22)9-13-10-23-17(21-13)15-4-2-3-7-19-15/h2-8,10H,9H2,1H3,(H,20,22). The summed E-state index contributed by atoms with van der Waals surface area (Å²) in [7, 11) is 0. The minimum absolute atomic E-state index is 0.138. The second-order valence-corrected chi connectivity index (χ2v) is 5.91. The molecule has 23 heavy (non-hydrogen) atoms. The van der Waals surface area contributed by atoms with Crippen LogP contribution in [-0.4, -0.2) is 15.9 Å². The second kappa shape index (κ2) is 6.66. The Balaban J connectivity index is 1.66. The van der Waals surface area contributed by atoms with Gasteiger partial charge < -0.3 is 5.32 Å². The number of thiazole rings is 1. The quantitative estimate of drug-likeness (QED) is 0.792. The van der Waals surface area contributed by atoms with Crippen molar-refractivity contribution in [2.24, 2.45) is 0 Å². The lowest BCUT2D eigenvalue weighted by atomic mass is 10.2. The van der Waals surface area contributed by atoms with Gasteiger partial charge in [0.2, 0.25) is 5.91 Å². The van der Waals surface area contributed by atoms with Crippen molar-refractivity contribution < 1.29 is 9.18 Å². The highest BCUT2D eigenvalue weighted by Gasteiger charge is 2.10. The molecule has 4 nitrogen and oxygen atoms in total. The number of hydrogen-bond donors (Lipinski definition) is 1. The number of carbonyl (C=O) groups excluding carboxylic acids is 1. The molecule has 0 radical (unpaired) electrons. The van der Waals surface area contributed by atoms with Crippen LogP contribution in [0.2, 0.25) is 0 Å². The minimum atomic E-state index is -0.339. The molecule has 0 bridgehead atoms. The summed E-state index contributed by atoms with van der Waals surface area (Å²) in [5, 5.41) is 5.28. The molecule has 2 aromatic heterocycles. The first-order valence-electron chi connectivity index (χ1n) is 7.03. The molecule has 0 spiro atoms. The fraction of sp³-hybridized carbons (Fsp3) is 0.118. The number of anilines is 1. The van der Waals surface area contributed by atoms with Crippen LogP contribution in [0.5, 0.6) is 0 Å². The fourth-order valence-electron chi connectivity index (χ4n) is 2.04. The first kappa shape index (κ1) is 15.3. The summed E-state index contributed by atoms with van der Waals surface area (Å²) in [5.74, 6) is -0.569. The highest BCUT2D eigenvalue weighted by atomic mass is 32.1. The number of carbonyl (C=O) groups is 1. The minimum Gasteiger partial charge on any atom is -0.326 e. The summed E-state index contributed by atoms with van der Waals surface area (Å²) in [6.45, 7) is 1.68. The molecule has 2 heterocycles. The van der Waals surface area contributed by atoms with Crippen LogP contribution < -0.4 is 5.32 Å². The molecule has 0 saturated carbocycles. The van der Waals surface area contributed by atoms with Crippen molar-refractivity contribution in [2.75, 3.05) is 5.32 Å². The van der Waals surface area contributed by atoms with Gasteiger partial charge in [-0.05, 0) is 36.8 Å². The van der Waals surface area contributed by atoms with Crippen LogP contribution in [-0.2, 0) is 11.2 Å². The normalized spacial score (nSPS) is 10.5. The van der Waals surface area contributed by atoms with Gasteiger partial charge in [0.05, 0.1) is 17.8 Å². The van der Waals surface area contributed by atoms with Crippen molar-refractivity contribution in [2.45, 2.75) is 13.3 Å². The predicted molar refractivity (Wildman–Crippen MR) is 88.8 cm³/mol. The van der Waals surface area contributed by atoms with Crippen LogP contribution in [0.3, 0.4) is 0 Å². The van der Waals surface area contributed by atoms with E-state index >= 15 is 0 Å². The zero-order chi connectivity index (χ0) is 16.2. The first-order chi connectivity index (χ1) is 11.1. The van der Waals surface area contributed by atoms with Crippen LogP contribution in [0.1, 0.15) is 11.3 Å². The fourth-order valence-corrected chi connectivity index (χ4v) is 2.83. The number of aromatic nitrogens is 2. The third kappa shape index (κ3) is 3.78. The molecule has 116 valence electrons. The largest absolute Gasteiger partial charge is 0.326 e. The van der Waals surface area contributed by atoms with Crippen LogP contribution in [0.4, 0.5) is 10.1 Å². The molecule has 3 rings (SSSR count). The van der Waals surface area contributed by atoms with E-state index in [4.69, 9.17) is 0 Å². The summed E-state index contributed by atoms with van der Waals surface area (Å²) in [4.78, 5) is 20.7. The summed E-state index contributed by atoms with van der Waals surface area (Å²) in [6.07, 6.45) is 1.84. The molecule has 0 unspecified atom stereocenters. The highest BCUT2D eigenvalue weighted by molar-refractivity contribution is 7.13. The summed E-state index contributed by atoms with van der Waals surface area (Å²) in [6, 6.07) is 10.2. The van der Waals surface area contributed by atoms with Gasteiger partial charge >= 0.3 is 0 Å². The number of aryl methyl sites for hydroxylation is 1. The smallest absolute Gasteiger partial charge is 0.230 e. The molecule has 6 heteroatoms. The van der Waals surface area contributed by atoms with E-state index in [0.717, 1.165) is 10.7 Å². The Morgan fingerprint density at radius 3 is 2.91 bits per heavy atom. The number of pyridine rings is 1. The molecular formula is C17H14FN3OS. The maximum Gasteiger partial charge on any atom is 0.230 e. The van der Waals surface area contributed by atoms with E-state index in [1.54, 1.807) is 25.3 Å². The number of nitrogens with one attached hydrogen (secondary N) is 1. The maximum absolute atomic E-state index is 13.5. The number of halogens is 1. The van der Waals surface area contributed by atoms with Crippen molar-refractivity contribution >= 4 is 22.9 Å². The SMILES string of the molecule is Cc1ccc(NC(=O)Cc2csc(-c3ccccn3)n2)cc1F. The second-order valence-electron chi connectivity index (χ2n) is 5.05. The van der Waals surface area contributed by atoms with Gasteiger partial charge in [-0.15, -0.1) is 11.3 Å². The molecular weight excluding hydrogens is 313 g/mol. The zero-order valence-electron chi connectivity index (χ0n) is 12.4. The molecule has 0 aliphatic heterocycles. The van der Waals surface area contributed by atoms with E-state index < -0.39 is 0 Å². The number of hydrogen-bond acceptors (Lipinski definition) is 4. The molecule has 0 aliphatic rings. The van der Waals surface area contributed by atoms with E-state index in [-0.39, 0.29) is 18.1 Å². The Morgan fingerprint density at radius 1 is 1.30 bits per heavy atom. The summed E-state index contributed by atoms with van der Waals surface area (Å²) >= 11 is 1.44. The first-order valence-corrected chi connectivity index (χ1v) is 7.91. The molecule has 0 atom stereocenters. The van der Waals surface area contributed by atoms with Crippen LogP contribution in [0, 0.1) is 12.7 Å². The Labute approximate surface area is 137 Å². The molecule has 0 aliphatic carbocycles. The van der Waals surface area contributed by atoms with E-state index in [0.29, 0.717) is 16.9 Å². The third-order valence-electron chi connectivity index (χ3n) is 3.23. The maximum atomic E-state index is 13.5. The van der Waals surface area contributed by atoms with Gasteiger partial charge in [-0.2, -0.15) is 0 Å². The van der Waals surface area contributed by atoms with Gasteiger partial charge in [0.1, 0.15) is 10.8 Å². The molecule has 3 aromatic rings. The van der Waals surface area contributed by atoms with Gasteiger partial charge in [0.25, 0.3) is 0 Å². The van der Waals surface area contributed by atoms with Crippen molar-refractivity contribution in [3.8, 4) is 10.7 Å². The topological polar surface area (TPSA) is 54.9 Å². The Bertz CT molecular complexity index is 833. The molecule has 1 N–H and O–H groups in total. The third-order valence-corrected chi connectivity index (χ3v) is 4.15. The molecule has 1 amide bonds. The Hall–Kier alpha value is -2.60. The van der Waals surface area contributed by atoms with Crippen LogP contribution in [0.15, 0.2) is 48.0 Å². The average molecular weight is 327 g/mol. The number of rotatable bonds is 4. The summed E-state index contributed by atoms with van der Waals surface area (Å²) < 4.78 is 13.5. The van der Waals surface area contributed by atoms with Crippen molar-refractivity contribution in [3.63, 3.8) is 0 Å². The monoisotopic (exact) mass is 327 g/mol. The molecule has 1 aromatic carbocycles. The summed E-state index contributed by atoms with van der Waals surface area (Å²) in [5.41, 5.74) is 2.44. The lowest BCUT2D eigenvalue weighted by Gasteiger charge is -2.05. The van der Waals surface area contributed by atoms with E-state index in [1.807, 2.05) is 23.6 Å². The lowest BCUT2D eigenvalue weighted by Crippen LogP contribution is -2.14. The van der Waals surface area contributed by atoms with Crippen molar-refractivity contribution in [1.82, 2.24) is 9.97 Å². The van der Waals surface area contributed by atoms with Gasteiger partial charge in [0.15, 0.2) is 0 Å². The van der Waals surface area contributed by atoms with E-state index in [9.17, 15) is 9.18 Å². The molecule has 0 fully saturated rings. The van der Waals surface area contributed by atoms with Crippen molar-refractivity contribution in [1.29, 1.82) is 0 Å². The predicted octanol–water partition coefficient (Wildman–Crippen LogP) is 3.83. The zero-order valence-corrected chi connectivity index (χ0v) is 13.2. The molecule has 0 saturated heterocycles. The lowest BCUT2D eigenvalue weighted by molar-refractivity contribution is -0.115. The van der Waals surface area contributed by atoms with E-state index in [2.05, 4.69) is 15.3 Å². The average Bonchev–Trinajstić information content (AvgIpc) is 3.00. The Morgan fingerprint density at radius 2 is 2.17 bits per heavy atom.